The number of hydrogen-bond acceptors (Lipinski definition) is 0. The van der Waals surface area contributed by atoms with E-state index in [2.05, 4.69) is 79.7 Å². The number of fused-ring (bicyclic) bond motifs is 4. The zero-order valence-corrected chi connectivity index (χ0v) is 21.7. The van der Waals surface area contributed by atoms with E-state index in [0.717, 1.165) is 24.7 Å². The van der Waals surface area contributed by atoms with E-state index in [1.807, 2.05) is 0 Å². The lowest BCUT2D eigenvalue weighted by atomic mass is 9.72. The summed E-state index contributed by atoms with van der Waals surface area (Å²) < 4.78 is 0. The molecule has 0 saturated heterocycles. The minimum Gasteiger partial charge on any atom is -0.0651 e. The van der Waals surface area contributed by atoms with Crippen molar-refractivity contribution < 1.29 is 0 Å². The molecule has 0 aromatic heterocycles. The second-order valence-corrected chi connectivity index (χ2v) is 11.8. The first kappa shape index (κ1) is 22.3. The Hall–Kier alpha value is -2.86. The molecule has 2 unspecified atom stereocenters. The smallest absolute Gasteiger partial charge is 0.00704 e. The molecular weight excluding hydrogens is 432 g/mol. The maximum absolute atomic E-state index is 2.64. The largest absolute Gasteiger partial charge is 0.0651 e. The van der Waals surface area contributed by atoms with Crippen molar-refractivity contribution in [3.05, 3.63) is 95.1 Å². The molecule has 2 fully saturated rings. The van der Waals surface area contributed by atoms with Gasteiger partial charge in [0.2, 0.25) is 0 Å². The molecule has 2 saturated carbocycles. The fourth-order valence-corrected chi connectivity index (χ4v) is 7.59. The van der Waals surface area contributed by atoms with Crippen LogP contribution in [0, 0.1) is 5.92 Å². The summed E-state index contributed by atoms with van der Waals surface area (Å²) in [6, 6.07) is 28.5. The first-order chi connectivity index (χ1) is 17.8. The van der Waals surface area contributed by atoms with Gasteiger partial charge in [0, 0.05) is 0 Å². The van der Waals surface area contributed by atoms with Crippen LogP contribution in [0.1, 0.15) is 92.4 Å². The van der Waals surface area contributed by atoms with E-state index >= 15 is 0 Å². The molecule has 0 aliphatic heterocycles. The lowest BCUT2D eigenvalue weighted by molar-refractivity contribution is 0.315. The molecule has 2 atom stereocenters. The van der Waals surface area contributed by atoms with Gasteiger partial charge in [-0.15, -0.1) is 0 Å². The van der Waals surface area contributed by atoms with Gasteiger partial charge >= 0.3 is 0 Å². The first-order valence-corrected chi connectivity index (χ1v) is 14.6. The zero-order chi connectivity index (χ0) is 24.1. The van der Waals surface area contributed by atoms with Crippen molar-refractivity contribution in [2.45, 2.75) is 83.0 Å². The standard InChI is InChI=1S/C36H38/c1-2-24-9-5-14-28(21-24)34-23-30(22-29-15-8-17-32(36(29)34)25-11-6-12-25)33-18-7-13-27-20-19-26-10-3-4-16-31(26)35(27)33/h3-4,7-8,10,13,15-18,22-25,28H,2,5-6,9,11-12,14,19-21H2,1H3. The van der Waals surface area contributed by atoms with Crippen LogP contribution >= 0.6 is 0 Å². The maximum Gasteiger partial charge on any atom is -0.00704 e. The molecule has 36 heavy (non-hydrogen) atoms. The average molecular weight is 471 g/mol. The summed E-state index contributed by atoms with van der Waals surface area (Å²) >= 11 is 0. The first-order valence-electron chi connectivity index (χ1n) is 14.6. The minimum atomic E-state index is 0.694. The summed E-state index contributed by atoms with van der Waals surface area (Å²) in [4.78, 5) is 0. The van der Waals surface area contributed by atoms with E-state index in [9.17, 15) is 0 Å². The molecule has 7 rings (SSSR count). The lowest BCUT2D eigenvalue weighted by Crippen LogP contribution is -2.15. The summed E-state index contributed by atoms with van der Waals surface area (Å²) in [6.07, 6.45) is 13.3. The Labute approximate surface area is 216 Å². The molecular formula is C36H38. The summed E-state index contributed by atoms with van der Waals surface area (Å²) in [5.74, 6) is 2.34. The highest BCUT2D eigenvalue weighted by Gasteiger charge is 2.28. The van der Waals surface area contributed by atoms with Gasteiger partial charge in [-0.05, 0) is 118 Å². The van der Waals surface area contributed by atoms with E-state index < -0.39 is 0 Å². The molecule has 0 heteroatoms. The van der Waals surface area contributed by atoms with Crippen molar-refractivity contribution in [3.63, 3.8) is 0 Å². The topological polar surface area (TPSA) is 0 Å². The van der Waals surface area contributed by atoms with Crippen molar-refractivity contribution in [2.75, 3.05) is 0 Å². The molecule has 0 amide bonds. The van der Waals surface area contributed by atoms with Crippen LogP contribution in [0.2, 0.25) is 0 Å². The van der Waals surface area contributed by atoms with Crippen LogP contribution in [-0.4, -0.2) is 0 Å². The van der Waals surface area contributed by atoms with Crippen LogP contribution in [0.5, 0.6) is 0 Å². The van der Waals surface area contributed by atoms with Gasteiger partial charge in [-0.25, -0.2) is 0 Å². The van der Waals surface area contributed by atoms with E-state index in [0.29, 0.717) is 5.92 Å². The van der Waals surface area contributed by atoms with Gasteiger partial charge in [-0.3, -0.25) is 0 Å². The SMILES string of the molecule is CCC1CCCC(c2cc(-c3cccc4c3-c3ccccc3CC4)cc3cccc(C4CCC4)c23)C1. The molecule has 182 valence electrons. The van der Waals surface area contributed by atoms with Crippen molar-refractivity contribution in [2.24, 2.45) is 5.92 Å². The minimum absolute atomic E-state index is 0.694. The molecule has 4 aromatic rings. The van der Waals surface area contributed by atoms with E-state index in [-0.39, 0.29) is 0 Å². The van der Waals surface area contributed by atoms with Gasteiger partial charge in [0.25, 0.3) is 0 Å². The molecule has 3 aliphatic carbocycles. The second-order valence-electron chi connectivity index (χ2n) is 11.8. The fourth-order valence-electron chi connectivity index (χ4n) is 7.59. The highest BCUT2D eigenvalue weighted by Crippen LogP contribution is 2.48. The van der Waals surface area contributed by atoms with E-state index in [4.69, 9.17) is 0 Å². The van der Waals surface area contributed by atoms with Gasteiger partial charge in [0.15, 0.2) is 0 Å². The third kappa shape index (κ3) is 3.73. The number of aryl methyl sites for hydroxylation is 2. The van der Waals surface area contributed by atoms with Crippen LogP contribution in [0.25, 0.3) is 33.0 Å². The van der Waals surface area contributed by atoms with Gasteiger partial charge in [-0.1, -0.05) is 99.3 Å². The fraction of sp³-hybridized carbons (Fsp3) is 0.389. The van der Waals surface area contributed by atoms with Crippen molar-refractivity contribution in [3.8, 4) is 22.3 Å². The van der Waals surface area contributed by atoms with Crippen LogP contribution in [0.3, 0.4) is 0 Å². The molecule has 0 nitrogen and oxygen atoms in total. The third-order valence-electron chi connectivity index (χ3n) is 9.80. The van der Waals surface area contributed by atoms with Gasteiger partial charge in [-0.2, -0.15) is 0 Å². The highest BCUT2D eigenvalue weighted by atomic mass is 14.3. The average Bonchev–Trinajstić information content (AvgIpc) is 2.91. The van der Waals surface area contributed by atoms with Crippen LogP contribution < -0.4 is 0 Å². The Balaban J connectivity index is 1.45. The highest BCUT2D eigenvalue weighted by molar-refractivity contribution is 5.97. The molecule has 0 spiro atoms. The normalized spacial score (nSPS) is 21.6. The molecule has 0 N–H and O–H groups in total. The molecule has 0 bridgehead atoms. The Morgan fingerprint density at radius 2 is 1.42 bits per heavy atom. The van der Waals surface area contributed by atoms with E-state index in [1.165, 1.54) is 90.1 Å². The van der Waals surface area contributed by atoms with Gasteiger partial charge < -0.3 is 0 Å². The summed E-state index contributed by atoms with van der Waals surface area (Å²) in [5, 5.41) is 3.07. The molecule has 4 aromatic carbocycles. The summed E-state index contributed by atoms with van der Waals surface area (Å²) in [5.41, 5.74) is 12.1. The van der Waals surface area contributed by atoms with Gasteiger partial charge in [0.05, 0.1) is 0 Å². The Morgan fingerprint density at radius 1 is 0.667 bits per heavy atom. The number of rotatable bonds is 4. The summed E-state index contributed by atoms with van der Waals surface area (Å²) in [7, 11) is 0. The maximum atomic E-state index is 2.64. The van der Waals surface area contributed by atoms with Gasteiger partial charge in [0.1, 0.15) is 0 Å². The van der Waals surface area contributed by atoms with Crippen molar-refractivity contribution >= 4 is 10.8 Å². The Kier molecular flexibility index (Phi) is 5.72. The quantitative estimate of drug-likeness (QED) is 0.278. The predicted octanol–water partition coefficient (Wildman–Crippen LogP) is 10.2. The Morgan fingerprint density at radius 3 is 2.28 bits per heavy atom. The predicted molar refractivity (Wildman–Crippen MR) is 154 cm³/mol. The van der Waals surface area contributed by atoms with Crippen molar-refractivity contribution in [1.29, 1.82) is 0 Å². The molecule has 3 aliphatic rings. The van der Waals surface area contributed by atoms with Crippen LogP contribution in [0.15, 0.2) is 72.8 Å². The monoisotopic (exact) mass is 470 g/mol. The van der Waals surface area contributed by atoms with E-state index in [1.54, 1.807) is 16.5 Å². The number of benzene rings is 4. The van der Waals surface area contributed by atoms with Crippen LogP contribution in [-0.2, 0) is 12.8 Å². The third-order valence-corrected chi connectivity index (χ3v) is 9.80. The second kappa shape index (κ2) is 9.22. The zero-order valence-electron chi connectivity index (χ0n) is 21.7. The lowest BCUT2D eigenvalue weighted by Gasteiger charge is -2.33. The molecule has 0 heterocycles. The molecule has 0 radical (unpaired) electrons. The van der Waals surface area contributed by atoms with Crippen LogP contribution in [0.4, 0.5) is 0 Å². The Bertz CT molecular complexity index is 1420. The summed E-state index contributed by atoms with van der Waals surface area (Å²) in [6.45, 7) is 2.40. The van der Waals surface area contributed by atoms with Crippen molar-refractivity contribution in [1.82, 2.24) is 0 Å². The number of hydrogen-bond donors (Lipinski definition) is 0.